The molecule has 0 heterocycles. The average Bonchev–Trinajstić information content (AvgIpc) is 2.44. The van der Waals surface area contributed by atoms with Crippen LogP contribution in [0.25, 0.3) is 6.08 Å². The van der Waals surface area contributed by atoms with Crippen LogP contribution in [0.2, 0.25) is 0 Å². The van der Waals surface area contributed by atoms with Crippen LogP contribution < -0.4 is 5.32 Å². The molecular weight excluding hydrogens is 222 g/mol. The second kappa shape index (κ2) is 6.66. The van der Waals surface area contributed by atoms with Crippen LogP contribution in [0.4, 0.5) is 0 Å². The molecule has 1 N–H and O–H groups in total. The highest BCUT2D eigenvalue weighted by atomic mass is 16.1. The van der Waals surface area contributed by atoms with Gasteiger partial charge in [-0.1, -0.05) is 50.1 Å². The minimum atomic E-state index is -0.530. The Bertz CT molecular complexity index is 450. The van der Waals surface area contributed by atoms with E-state index in [9.17, 15) is 4.79 Å². The van der Waals surface area contributed by atoms with Gasteiger partial charge < -0.3 is 5.32 Å². The average molecular weight is 241 g/mol. The second-order valence-electron chi connectivity index (χ2n) is 4.17. The fourth-order valence-electron chi connectivity index (χ4n) is 1.68. The Balaban J connectivity index is 2.68. The maximum Gasteiger partial charge on any atom is 0.245 e. The first kappa shape index (κ1) is 14.1. The molecule has 0 radical (unpaired) electrons. The van der Waals surface area contributed by atoms with Crippen LogP contribution in [0.3, 0.4) is 0 Å². The van der Waals surface area contributed by atoms with Crippen molar-refractivity contribution < 1.29 is 4.79 Å². The summed E-state index contributed by atoms with van der Waals surface area (Å²) in [6.07, 6.45) is 10.3. The molecule has 0 bridgehead atoms. The van der Waals surface area contributed by atoms with Gasteiger partial charge in [0.2, 0.25) is 5.91 Å². The highest BCUT2D eigenvalue weighted by molar-refractivity contribution is 5.92. The van der Waals surface area contributed by atoms with Crippen molar-refractivity contribution in [2.24, 2.45) is 0 Å². The molecular formula is C16H19NO. The fraction of sp³-hybridized carbons (Fsp3) is 0.312. The summed E-state index contributed by atoms with van der Waals surface area (Å²) in [5.41, 5.74) is 0.463. The molecule has 0 saturated heterocycles. The van der Waals surface area contributed by atoms with E-state index in [1.807, 2.05) is 44.2 Å². The maximum atomic E-state index is 11.8. The molecule has 0 spiro atoms. The van der Waals surface area contributed by atoms with Gasteiger partial charge in [-0.15, -0.1) is 6.42 Å². The smallest absolute Gasteiger partial charge is 0.245 e. The number of carbonyl (C=O) groups is 1. The summed E-state index contributed by atoms with van der Waals surface area (Å²) in [6, 6.07) is 9.69. The van der Waals surface area contributed by atoms with Crippen LogP contribution in [0, 0.1) is 12.3 Å². The van der Waals surface area contributed by atoms with Crippen LogP contribution >= 0.6 is 0 Å². The number of amides is 1. The number of benzene rings is 1. The molecule has 2 nitrogen and oxygen atoms in total. The molecule has 0 aliphatic carbocycles. The molecule has 2 heteroatoms. The lowest BCUT2D eigenvalue weighted by Gasteiger charge is -2.26. The third kappa shape index (κ3) is 3.78. The van der Waals surface area contributed by atoms with E-state index in [1.54, 1.807) is 6.08 Å². The SMILES string of the molecule is C#CC(CC)(CC)NC(=O)C=Cc1ccccc1. The maximum absolute atomic E-state index is 11.8. The Morgan fingerprint density at radius 2 is 1.94 bits per heavy atom. The molecule has 1 amide bonds. The predicted octanol–water partition coefficient (Wildman–Crippen LogP) is 3.01. The van der Waals surface area contributed by atoms with Crippen LogP contribution in [0.1, 0.15) is 32.3 Å². The van der Waals surface area contributed by atoms with E-state index in [0.29, 0.717) is 0 Å². The Hall–Kier alpha value is -2.01. The first-order valence-corrected chi connectivity index (χ1v) is 6.19. The highest BCUT2D eigenvalue weighted by Crippen LogP contribution is 2.13. The monoisotopic (exact) mass is 241 g/mol. The molecule has 0 saturated carbocycles. The molecule has 0 unspecified atom stereocenters. The molecule has 0 aliphatic heterocycles. The van der Waals surface area contributed by atoms with E-state index in [0.717, 1.165) is 18.4 Å². The first-order chi connectivity index (χ1) is 8.65. The van der Waals surface area contributed by atoms with Gasteiger partial charge in [0.05, 0.1) is 0 Å². The molecule has 0 aliphatic rings. The minimum Gasteiger partial charge on any atom is -0.336 e. The Kier molecular flexibility index (Phi) is 5.20. The summed E-state index contributed by atoms with van der Waals surface area (Å²) in [5.74, 6) is 2.53. The number of rotatable bonds is 5. The van der Waals surface area contributed by atoms with Gasteiger partial charge in [-0.25, -0.2) is 0 Å². The van der Waals surface area contributed by atoms with E-state index in [1.165, 1.54) is 6.08 Å². The zero-order valence-electron chi connectivity index (χ0n) is 10.9. The summed E-state index contributed by atoms with van der Waals surface area (Å²) >= 11 is 0. The Labute approximate surface area is 109 Å². The van der Waals surface area contributed by atoms with Gasteiger partial charge in [0, 0.05) is 6.08 Å². The summed E-state index contributed by atoms with van der Waals surface area (Å²) in [4.78, 5) is 11.8. The molecule has 1 aromatic carbocycles. The van der Waals surface area contributed by atoms with Crippen molar-refractivity contribution in [3.05, 3.63) is 42.0 Å². The number of nitrogens with one attached hydrogen (secondary N) is 1. The van der Waals surface area contributed by atoms with Crippen molar-refractivity contribution in [2.75, 3.05) is 0 Å². The number of hydrogen-bond acceptors (Lipinski definition) is 1. The number of carbonyl (C=O) groups excluding carboxylic acids is 1. The van der Waals surface area contributed by atoms with Crippen LogP contribution in [0.5, 0.6) is 0 Å². The Morgan fingerprint density at radius 1 is 1.33 bits per heavy atom. The quantitative estimate of drug-likeness (QED) is 0.623. The van der Waals surface area contributed by atoms with E-state index in [-0.39, 0.29) is 5.91 Å². The summed E-state index contributed by atoms with van der Waals surface area (Å²) in [7, 11) is 0. The second-order valence-corrected chi connectivity index (χ2v) is 4.17. The van der Waals surface area contributed by atoms with E-state index in [2.05, 4.69) is 11.2 Å². The fourth-order valence-corrected chi connectivity index (χ4v) is 1.68. The van der Waals surface area contributed by atoms with Crippen LogP contribution in [0.15, 0.2) is 36.4 Å². The molecule has 94 valence electrons. The van der Waals surface area contributed by atoms with Gasteiger partial charge in [0.25, 0.3) is 0 Å². The van der Waals surface area contributed by atoms with Crippen molar-refractivity contribution in [2.45, 2.75) is 32.2 Å². The lowest BCUT2D eigenvalue weighted by Crippen LogP contribution is -2.45. The van der Waals surface area contributed by atoms with Crippen LogP contribution in [-0.2, 0) is 4.79 Å². The van der Waals surface area contributed by atoms with Crippen molar-refractivity contribution >= 4 is 12.0 Å². The van der Waals surface area contributed by atoms with Gasteiger partial charge in [0.1, 0.15) is 5.54 Å². The number of hydrogen-bond donors (Lipinski definition) is 1. The van der Waals surface area contributed by atoms with Crippen molar-refractivity contribution in [1.29, 1.82) is 0 Å². The molecule has 0 fully saturated rings. The third-order valence-corrected chi connectivity index (χ3v) is 3.07. The van der Waals surface area contributed by atoms with Gasteiger partial charge in [-0.3, -0.25) is 4.79 Å². The van der Waals surface area contributed by atoms with Gasteiger partial charge >= 0.3 is 0 Å². The summed E-state index contributed by atoms with van der Waals surface area (Å²) in [6.45, 7) is 3.95. The van der Waals surface area contributed by atoms with Gasteiger partial charge in [-0.05, 0) is 24.5 Å². The van der Waals surface area contributed by atoms with E-state index in [4.69, 9.17) is 6.42 Å². The zero-order chi connectivity index (χ0) is 13.4. The third-order valence-electron chi connectivity index (χ3n) is 3.07. The molecule has 0 atom stereocenters. The van der Waals surface area contributed by atoms with Crippen molar-refractivity contribution in [1.82, 2.24) is 5.32 Å². The Morgan fingerprint density at radius 3 is 2.44 bits per heavy atom. The summed E-state index contributed by atoms with van der Waals surface area (Å²) in [5, 5.41) is 2.89. The minimum absolute atomic E-state index is 0.152. The standard InChI is InChI=1S/C16H19NO/c1-4-16(5-2,6-3)17-15(18)13-12-14-10-8-7-9-11-14/h1,7-13H,5-6H2,2-3H3,(H,17,18). The van der Waals surface area contributed by atoms with Gasteiger partial charge in [0.15, 0.2) is 0 Å². The van der Waals surface area contributed by atoms with Crippen molar-refractivity contribution in [3.63, 3.8) is 0 Å². The normalized spacial score (nSPS) is 11.2. The summed E-state index contributed by atoms with van der Waals surface area (Å²) < 4.78 is 0. The topological polar surface area (TPSA) is 29.1 Å². The molecule has 18 heavy (non-hydrogen) atoms. The van der Waals surface area contributed by atoms with Crippen LogP contribution in [-0.4, -0.2) is 11.4 Å². The first-order valence-electron chi connectivity index (χ1n) is 6.19. The largest absolute Gasteiger partial charge is 0.336 e. The lowest BCUT2D eigenvalue weighted by molar-refractivity contribution is -0.117. The zero-order valence-corrected chi connectivity index (χ0v) is 10.9. The molecule has 0 aromatic heterocycles. The lowest BCUT2D eigenvalue weighted by atomic mass is 9.94. The van der Waals surface area contributed by atoms with Crippen molar-refractivity contribution in [3.8, 4) is 12.3 Å². The molecule has 1 rings (SSSR count). The van der Waals surface area contributed by atoms with E-state index < -0.39 is 5.54 Å². The number of terminal acetylenes is 1. The predicted molar refractivity (Wildman–Crippen MR) is 75.8 cm³/mol. The van der Waals surface area contributed by atoms with Gasteiger partial charge in [-0.2, -0.15) is 0 Å². The highest BCUT2D eigenvalue weighted by Gasteiger charge is 2.23. The van der Waals surface area contributed by atoms with E-state index >= 15 is 0 Å². The molecule has 1 aromatic rings.